The third-order valence-corrected chi connectivity index (χ3v) is 3.38. The summed E-state index contributed by atoms with van der Waals surface area (Å²) < 4.78 is 14.6. The van der Waals surface area contributed by atoms with Crippen molar-refractivity contribution < 1.29 is 9.50 Å². The van der Waals surface area contributed by atoms with Crippen molar-refractivity contribution in [3.63, 3.8) is 0 Å². The normalized spacial score (nSPS) is 20.0. The number of aliphatic hydroxyl groups excluding tert-OH is 1. The van der Waals surface area contributed by atoms with E-state index in [1.54, 1.807) is 16.8 Å². The number of hydrogen-bond donors (Lipinski definition) is 1. The van der Waals surface area contributed by atoms with E-state index in [1.165, 1.54) is 12.1 Å². The first-order valence-corrected chi connectivity index (χ1v) is 6.40. The molecule has 1 aliphatic heterocycles. The summed E-state index contributed by atoms with van der Waals surface area (Å²) in [5.41, 5.74) is 1.94. The number of nitrogens with zero attached hydrogens (tertiary/aromatic N) is 3. The Balaban J connectivity index is 1.71. The van der Waals surface area contributed by atoms with Crippen LogP contribution in [0.25, 0.3) is 5.69 Å². The summed E-state index contributed by atoms with van der Waals surface area (Å²) in [6.07, 6.45) is 4.39. The van der Waals surface area contributed by atoms with E-state index < -0.39 is 0 Å². The molecule has 0 saturated carbocycles. The summed E-state index contributed by atoms with van der Waals surface area (Å²) >= 11 is 0. The zero-order valence-electron chi connectivity index (χ0n) is 10.5. The number of aliphatic hydroxyl groups is 1. The second kappa shape index (κ2) is 5.11. The van der Waals surface area contributed by atoms with Crippen LogP contribution in [0.3, 0.4) is 0 Å². The van der Waals surface area contributed by atoms with Gasteiger partial charge in [0.05, 0.1) is 18.0 Å². The minimum atomic E-state index is -0.248. The SMILES string of the molecule is O[C@@H]1CCN(Cc2cnn(-c3ccc(F)cc3)c2)C1. The minimum Gasteiger partial charge on any atom is -0.392 e. The lowest BCUT2D eigenvalue weighted by Crippen LogP contribution is -2.21. The number of aromatic nitrogens is 2. The van der Waals surface area contributed by atoms with E-state index >= 15 is 0 Å². The molecular weight excluding hydrogens is 245 g/mol. The third-order valence-electron chi connectivity index (χ3n) is 3.38. The second-order valence-electron chi connectivity index (χ2n) is 4.95. The van der Waals surface area contributed by atoms with Crippen LogP contribution in [0.2, 0.25) is 0 Å². The molecule has 0 aliphatic carbocycles. The van der Waals surface area contributed by atoms with Crippen molar-refractivity contribution in [3.05, 3.63) is 48.0 Å². The maximum Gasteiger partial charge on any atom is 0.123 e. The molecule has 2 heterocycles. The molecule has 0 amide bonds. The molecule has 1 saturated heterocycles. The van der Waals surface area contributed by atoms with Gasteiger partial charge >= 0.3 is 0 Å². The van der Waals surface area contributed by atoms with Gasteiger partial charge in [0.15, 0.2) is 0 Å². The summed E-state index contributed by atoms with van der Waals surface area (Å²) in [6.45, 7) is 2.43. The third kappa shape index (κ3) is 2.83. The monoisotopic (exact) mass is 261 g/mol. The number of likely N-dealkylation sites (tertiary alicyclic amines) is 1. The molecule has 1 fully saturated rings. The molecule has 1 aromatic carbocycles. The smallest absolute Gasteiger partial charge is 0.123 e. The van der Waals surface area contributed by atoms with E-state index in [0.29, 0.717) is 0 Å². The molecule has 100 valence electrons. The van der Waals surface area contributed by atoms with Crippen molar-refractivity contribution in [2.45, 2.75) is 19.1 Å². The molecule has 4 nitrogen and oxygen atoms in total. The Morgan fingerprint density at radius 3 is 2.79 bits per heavy atom. The van der Waals surface area contributed by atoms with Crippen LogP contribution in [0.4, 0.5) is 4.39 Å². The molecule has 5 heteroatoms. The van der Waals surface area contributed by atoms with Crippen molar-refractivity contribution in [1.29, 1.82) is 0 Å². The average molecular weight is 261 g/mol. The van der Waals surface area contributed by atoms with Crippen molar-refractivity contribution in [1.82, 2.24) is 14.7 Å². The topological polar surface area (TPSA) is 41.3 Å². The average Bonchev–Trinajstić information content (AvgIpc) is 3.00. The Labute approximate surface area is 111 Å². The highest BCUT2D eigenvalue weighted by atomic mass is 19.1. The van der Waals surface area contributed by atoms with Crippen LogP contribution in [0, 0.1) is 5.82 Å². The second-order valence-corrected chi connectivity index (χ2v) is 4.95. The fourth-order valence-corrected chi connectivity index (χ4v) is 2.39. The Hall–Kier alpha value is -1.72. The lowest BCUT2D eigenvalue weighted by Gasteiger charge is -2.12. The fraction of sp³-hybridized carbons (Fsp3) is 0.357. The molecule has 0 spiro atoms. The van der Waals surface area contributed by atoms with Crippen LogP contribution in [0.5, 0.6) is 0 Å². The molecule has 0 bridgehead atoms. The van der Waals surface area contributed by atoms with Crippen LogP contribution in [0.1, 0.15) is 12.0 Å². The highest BCUT2D eigenvalue weighted by Crippen LogP contribution is 2.14. The van der Waals surface area contributed by atoms with Crippen LogP contribution < -0.4 is 0 Å². The van der Waals surface area contributed by atoms with Crippen molar-refractivity contribution in [3.8, 4) is 5.69 Å². The van der Waals surface area contributed by atoms with Gasteiger partial charge in [-0.1, -0.05) is 0 Å². The van der Waals surface area contributed by atoms with Gasteiger partial charge in [-0.15, -0.1) is 0 Å². The van der Waals surface area contributed by atoms with E-state index in [-0.39, 0.29) is 11.9 Å². The molecule has 2 aromatic rings. The first-order valence-electron chi connectivity index (χ1n) is 6.40. The van der Waals surface area contributed by atoms with Crippen LogP contribution in [0.15, 0.2) is 36.7 Å². The number of benzene rings is 1. The minimum absolute atomic E-state index is 0.202. The highest BCUT2D eigenvalue weighted by Gasteiger charge is 2.20. The highest BCUT2D eigenvalue weighted by molar-refractivity contribution is 5.31. The first kappa shape index (κ1) is 12.3. The van der Waals surface area contributed by atoms with Gasteiger partial charge in [0.25, 0.3) is 0 Å². The Morgan fingerprint density at radius 1 is 1.32 bits per heavy atom. The molecular formula is C14H16FN3O. The summed E-state index contributed by atoms with van der Waals surface area (Å²) in [6, 6.07) is 6.25. The molecule has 1 atom stereocenters. The maximum atomic E-state index is 12.9. The van der Waals surface area contributed by atoms with Gasteiger partial charge in [-0.3, -0.25) is 4.90 Å². The van der Waals surface area contributed by atoms with Crippen molar-refractivity contribution in [2.75, 3.05) is 13.1 Å². The largest absolute Gasteiger partial charge is 0.392 e. The van der Waals surface area contributed by atoms with Gasteiger partial charge in [0, 0.05) is 31.4 Å². The van der Waals surface area contributed by atoms with E-state index in [4.69, 9.17) is 0 Å². The van der Waals surface area contributed by atoms with Gasteiger partial charge in [-0.05, 0) is 30.7 Å². The number of halogens is 1. The Morgan fingerprint density at radius 2 is 2.11 bits per heavy atom. The van der Waals surface area contributed by atoms with Crippen LogP contribution in [-0.4, -0.2) is 39.0 Å². The lowest BCUT2D eigenvalue weighted by atomic mass is 10.3. The molecule has 3 rings (SSSR count). The van der Waals surface area contributed by atoms with Crippen LogP contribution in [-0.2, 0) is 6.54 Å². The van der Waals surface area contributed by atoms with Gasteiger partial charge in [0.1, 0.15) is 5.82 Å². The molecule has 1 N–H and O–H groups in total. The van der Waals surface area contributed by atoms with E-state index in [2.05, 4.69) is 10.00 Å². The maximum absolute atomic E-state index is 12.9. The molecule has 19 heavy (non-hydrogen) atoms. The number of rotatable bonds is 3. The molecule has 0 unspecified atom stereocenters. The summed E-state index contributed by atoms with van der Waals surface area (Å²) in [5.74, 6) is -0.248. The van der Waals surface area contributed by atoms with Crippen molar-refractivity contribution >= 4 is 0 Å². The Bertz CT molecular complexity index is 552. The van der Waals surface area contributed by atoms with Crippen molar-refractivity contribution in [2.24, 2.45) is 0 Å². The van der Waals surface area contributed by atoms with Gasteiger partial charge in [-0.2, -0.15) is 5.10 Å². The summed E-state index contributed by atoms with van der Waals surface area (Å²) in [4.78, 5) is 2.21. The van der Waals surface area contributed by atoms with E-state index in [0.717, 1.165) is 37.3 Å². The van der Waals surface area contributed by atoms with Crippen LogP contribution >= 0.6 is 0 Å². The zero-order chi connectivity index (χ0) is 13.2. The lowest BCUT2D eigenvalue weighted by molar-refractivity contribution is 0.175. The Kier molecular flexibility index (Phi) is 3.31. The predicted octanol–water partition coefficient (Wildman–Crippen LogP) is 1.58. The van der Waals surface area contributed by atoms with Gasteiger partial charge < -0.3 is 5.11 Å². The molecule has 1 aliphatic rings. The summed E-state index contributed by atoms with van der Waals surface area (Å²) in [5, 5.41) is 13.8. The summed E-state index contributed by atoms with van der Waals surface area (Å²) in [7, 11) is 0. The molecule has 0 radical (unpaired) electrons. The number of β-amino-alcohol motifs (C(OH)–C–C–N with tert-alkyl or cyclic N) is 1. The predicted molar refractivity (Wildman–Crippen MR) is 69.4 cm³/mol. The number of hydrogen-bond acceptors (Lipinski definition) is 3. The zero-order valence-corrected chi connectivity index (χ0v) is 10.5. The standard InChI is InChI=1S/C14H16FN3O/c15-12-1-3-13(4-2-12)18-9-11(7-16-18)8-17-6-5-14(19)10-17/h1-4,7,9,14,19H,5-6,8,10H2/t14-/m1/s1. The quantitative estimate of drug-likeness (QED) is 0.912. The molecule has 1 aromatic heterocycles. The fourth-order valence-electron chi connectivity index (χ4n) is 2.39. The first-order chi connectivity index (χ1) is 9.20. The van der Waals surface area contributed by atoms with E-state index in [9.17, 15) is 9.50 Å². The van der Waals surface area contributed by atoms with Gasteiger partial charge in [-0.25, -0.2) is 9.07 Å². The van der Waals surface area contributed by atoms with E-state index in [1.807, 2.05) is 12.4 Å². The van der Waals surface area contributed by atoms with Gasteiger partial charge in [0.2, 0.25) is 0 Å².